The van der Waals surface area contributed by atoms with Gasteiger partial charge in [-0.1, -0.05) is 24.3 Å². The Morgan fingerprint density at radius 1 is 1.21 bits per heavy atom. The summed E-state index contributed by atoms with van der Waals surface area (Å²) in [4.78, 5) is 16.1. The lowest BCUT2D eigenvalue weighted by Gasteiger charge is -2.09. The lowest BCUT2D eigenvalue weighted by atomic mass is 10.1. The van der Waals surface area contributed by atoms with E-state index in [2.05, 4.69) is 21.5 Å². The zero-order valence-corrected chi connectivity index (χ0v) is 12.8. The number of nitrogens with one attached hydrogen (secondary N) is 1. The lowest BCUT2D eigenvalue weighted by molar-refractivity contribution is -0.120. The lowest BCUT2D eigenvalue weighted by Crippen LogP contribution is -2.28. The van der Waals surface area contributed by atoms with Crippen LogP contribution < -0.4 is 5.32 Å². The highest BCUT2D eigenvalue weighted by molar-refractivity contribution is 5.79. The number of para-hydroxylation sites is 1. The number of hydrogen-bond acceptors (Lipinski definition) is 4. The second kappa shape index (κ2) is 7.20. The number of carbonyl (C=O) groups is 1. The van der Waals surface area contributed by atoms with Crippen LogP contribution in [0.2, 0.25) is 0 Å². The van der Waals surface area contributed by atoms with Crippen LogP contribution in [0.5, 0.6) is 0 Å². The number of hydrogen-bond donors (Lipinski definition) is 1. The molecule has 2 heterocycles. The van der Waals surface area contributed by atoms with Gasteiger partial charge in [0.2, 0.25) is 5.91 Å². The molecule has 118 valence electrons. The van der Waals surface area contributed by atoms with Gasteiger partial charge in [0, 0.05) is 24.2 Å². The molecule has 0 unspecified atom stereocenters. The molecule has 2 aromatic heterocycles. The Labute approximate surface area is 139 Å². The summed E-state index contributed by atoms with van der Waals surface area (Å²) in [5.41, 5.74) is 2.33. The van der Waals surface area contributed by atoms with Crippen molar-refractivity contribution < 1.29 is 4.79 Å². The molecule has 0 radical (unpaired) electrons. The summed E-state index contributed by atoms with van der Waals surface area (Å²) < 4.78 is 1.67. The Bertz CT molecular complexity index is 852. The van der Waals surface area contributed by atoms with Crippen molar-refractivity contribution >= 4 is 5.91 Å². The first-order valence-electron chi connectivity index (χ1n) is 7.44. The smallest absolute Gasteiger partial charge is 0.225 e. The maximum absolute atomic E-state index is 12.1. The van der Waals surface area contributed by atoms with E-state index in [4.69, 9.17) is 0 Å². The van der Waals surface area contributed by atoms with Gasteiger partial charge in [-0.15, -0.1) is 0 Å². The molecule has 1 atom stereocenters. The predicted octanol–water partition coefficient (Wildman–Crippen LogP) is 2.19. The van der Waals surface area contributed by atoms with Crippen LogP contribution in [0, 0.1) is 11.3 Å². The third-order valence-electron chi connectivity index (χ3n) is 3.48. The van der Waals surface area contributed by atoms with Crippen molar-refractivity contribution in [1.82, 2.24) is 20.1 Å². The van der Waals surface area contributed by atoms with Crippen molar-refractivity contribution in [2.75, 3.05) is 0 Å². The fraction of sp³-hybridized carbons (Fsp3) is 0.111. The summed E-state index contributed by atoms with van der Waals surface area (Å²) in [5, 5.41) is 16.3. The monoisotopic (exact) mass is 317 g/mol. The number of benzene rings is 1. The minimum atomic E-state index is -0.744. The van der Waals surface area contributed by atoms with E-state index in [1.165, 1.54) is 0 Å². The highest BCUT2D eigenvalue weighted by atomic mass is 16.1. The average Bonchev–Trinajstić information content (AvgIpc) is 3.11. The topological polar surface area (TPSA) is 83.6 Å². The minimum absolute atomic E-state index is 0.179. The zero-order valence-electron chi connectivity index (χ0n) is 12.8. The van der Waals surface area contributed by atoms with E-state index in [9.17, 15) is 10.1 Å². The first-order valence-corrected chi connectivity index (χ1v) is 7.44. The quantitative estimate of drug-likeness (QED) is 0.782. The van der Waals surface area contributed by atoms with Gasteiger partial charge < -0.3 is 5.32 Å². The Morgan fingerprint density at radius 3 is 2.75 bits per heavy atom. The van der Waals surface area contributed by atoms with Crippen molar-refractivity contribution in [3.05, 3.63) is 78.4 Å². The van der Waals surface area contributed by atoms with Gasteiger partial charge in [0.1, 0.15) is 6.04 Å². The van der Waals surface area contributed by atoms with Gasteiger partial charge in [0.15, 0.2) is 0 Å². The normalized spacial score (nSPS) is 11.5. The standard InChI is InChI=1S/C18H15N5O/c19-10-17(22-18(24)9-14-5-4-8-20-11-14)15-12-21-23(13-15)16-6-2-1-3-7-16/h1-8,11-13,17H,9H2,(H,22,24)/t17-/m1/s1. The Morgan fingerprint density at radius 2 is 2.04 bits per heavy atom. The molecule has 24 heavy (non-hydrogen) atoms. The third-order valence-corrected chi connectivity index (χ3v) is 3.48. The summed E-state index contributed by atoms with van der Waals surface area (Å²) in [6, 6.07) is 14.5. The highest BCUT2D eigenvalue weighted by Gasteiger charge is 2.16. The molecule has 1 amide bonds. The van der Waals surface area contributed by atoms with Crippen LogP contribution in [0.1, 0.15) is 17.2 Å². The molecule has 0 spiro atoms. The number of pyridine rings is 1. The molecule has 1 N–H and O–H groups in total. The van der Waals surface area contributed by atoms with Gasteiger partial charge in [-0.2, -0.15) is 10.4 Å². The molecule has 1 aromatic carbocycles. The highest BCUT2D eigenvalue weighted by Crippen LogP contribution is 2.14. The third kappa shape index (κ3) is 3.65. The summed E-state index contributed by atoms with van der Waals surface area (Å²) in [7, 11) is 0. The van der Waals surface area contributed by atoms with E-state index in [0.29, 0.717) is 5.56 Å². The molecule has 0 saturated carbocycles. The number of carbonyl (C=O) groups excluding carboxylic acids is 1. The first kappa shape index (κ1) is 15.4. The number of rotatable bonds is 5. The molecule has 6 heteroatoms. The molecule has 3 rings (SSSR count). The maximum Gasteiger partial charge on any atom is 0.225 e. The van der Waals surface area contributed by atoms with Crippen LogP contribution in [0.4, 0.5) is 0 Å². The van der Waals surface area contributed by atoms with Crippen molar-refractivity contribution in [2.24, 2.45) is 0 Å². The van der Waals surface area contributed by atoms with Crippen LogP contribution in [-0.2, 0) is 11.2 Å². The molecule has 0 bridgehead atoms. The minimum Gasteiger partial charge on any atom is -0.336 e. The fourth-order valence-corrected chi connectivity index (χ4v) is 2.30. The molecule has 0 fully saturated rings. The molecular weight excluding hydrogens is 302 g/mol. The number of aromatic nitrogens is 3. The summed E-state index contributed by atoms with van der Waals surface area (Å²) in [6.45, 7) is 0. The van der Waals surface area contributed by atoms with Gasteiger partial charge >= 0.3 is 0 Å². The fourth-order valence-electron chi connectivity index (χ4n) is 2.30. The Hall–Kier alpha value is -3.46. The largest absolute Gasteiger partial charge is 0.336 e. The molecule has 6 nitrogen and oxygen atoms in total. The van der Waals surface area contributed by atoms with E-state index >= 15 is 0 Å². The summed E-state index contributed by atoms with van der Waals surface area (Å²) >= 11 is 0. The van der Waals surface area contributed by atoms with Gasteiger partial charge in [-0.05, 0) is 23.8 Å². The molecular formula is C18H15N5O. The van der Waals surface area contributed by atoms with Crippen molar-refractivity contribution in [3.8, 4) is 11.8 Å². The number of nitriles is 1. The molecule has 0 saturated heterocycles. The van der Waals surface area contributed by atoms with Crippen LogP contribution in [0.25, 0.3) is 5.69 Å². The summed E-state index contributed by atoms with van der Waals surface area (Å²) in [5.74, 6) is -0.234. The van der Waals surface area contributed by atoms with E-state index in [-0.39, 0.29) is 12.3 Å². The van der Waals surface area contributed by atoms with Gasteiger partial charge in [0.25, 0.3) is 0 Å². The maximum atomic E-state index is 12.1. The zero-order chi connectivity index (χ0) is 16.8. The number of nitrogens with zero attached hydrogens (tertiary/aromatic N) is 4. The van der Waals surface area contributed by atoms with E-state index in [1.54, 1.807) is 35.5 Å². The summed E-state index contributed by atoms with van der Waals surface area (Å²) in [6.07, 6.45) is 6.80. The Kier molecular flexibility index (Phi) is 4.63. The van der Waals surface area contributed by atoms with Gasteiger partial charge in [-0.3, -0.25) is 9.78 Å². The molecule has 0 aliphatic heterocycles. The Balaban J connectivity index is 1.70. The number of amides is 1. The molecule has 0 aliphatic rings. The second-order valence-corrected chi connectivity index (χ2v) is 5.22. The van der Waals surface area contributed by atoms with E-state index in [1.807, 2.05) is 36.4 Å². The van der Waals surface area contributed by atoms with Gasteiger partial charge in [-0.25, -0.2) is 4.68 Å². The van der Waals surface area contributed by atoms with Crippen molar-refractivity contribution in [2.45, 2.75) is 12.5 Å². The van der Waals surface area contributed by atoms with E-state index in [0.717, 1.165) is 11.3 Å². The van der Waals surface area contributed by atoms with Crippen LogP contribution in [0.3, 0.4) is 0 Å². The predicted molar refractivity (Wildman–Crippen MR) is 88.0 cm³/mol. The van der Waals surface area contributed by atoms with Crippen LogP contribution >= 0.6 is 0 Å². The molecule has 0 aliphatic carbocycles. The van der Waals surface area contributed by atoms with Crippen LogP contribution in [-0.4, -0.2) is 20.7 Å². The van der Waals surface area contributed by atoms with Crippen molar-refractivity contribution in [3.63, 3.8) is 0 Å². The van der Waals surface area contributed by atoms with Gasteiger partial charge in [0.05, 0.1) is 24.4 Å². The van der Waals surface area contributed by atoms with Crippen LogP contribution in [0.15, 0.2) is 67.3 Å². The molecule has 3 aromatic rings. The SMILES string of the molecule is N#C[C@@H](NC(=O)Cc1cccnc1)c1cnn(-c2ccccc2)c1. The average molecular weight is 317 g/mol. The van der Waals surface area contributed by atoms with E-state index < -0.39 is 6.04 Å². The van der Waals surface area contributed by atoms with Crippen molar-refractivity contribution in [1.29, 1.82) is 5.26 Å². The second-order valence-electron chi connectivity index (χ2n) is 5.22. The first-order chi connectivity index (χ1) is 11.8.